The van der Waals surface area contributed by atoms with Crippen LogP contribution in [0.5, 0.6) is 0 Å². The summed E-state index contributed by atoms with van der Waals surface area (Å²) in [6, 6.07) is 0.702. The smallest absolute Gasteiger partial charge is 0.00953 e. The predicted octanol–water partition coefficient (Wildman–Crippen LogP) is 4.15. The second-order valence-corrected chi connectivity index (χ2v) is 6.39. The van der Waals surface area contributed by atoms with Gasteiger partial charge in [0, 0.05) is 6.04 Å². The summed E-state index contributed by atoms with van der Waals surface area (Å²) in [4.78, 5) is 0. The molecule has 0 aliphatic heterocycles. The highest BCUT2D eigenvalue weighted by Crippen LogP contribution is 2.39. The monoisotopic (exact) mass is 223 g/mol. The highest BCUT2D eigenvalue weighted by atomic mass is 14.9. The topological polar surface area (TPSA) is 12.0 Å². The maximum Gasteiger partial charge on any atom is 0.00953 e. The molecule has 0 spiro atoms. The van der Waals surface area contributed by atoms with E-state index in [9.17, 15) is 0 Å². The van der Waals surface area contributed by atoms with E-state index in [0.29, 0.717) is 11.5 Å². The van der Waals surface area contributed by atoms with Crippen molar-refractivity contribution in [2.75, 3.05) is 7.05 Å². The minimum absolute atomic E-state index is 0.586. The van der Waals surface area contributed by atoms with Gasteiger partial charge < -0.3 is 5.32 Å². The van der Waals surface area contributed by atoms with Crippen molar-refractivity contribution in [3.63, 3.8) is 0 Å². The Hall–Kier alpha value is -0.300. The Kier molecular flexibility index (Phi) is 5.04. The molecule has 0 saturated heterocycles. The summed E-state index contributed by atoms with van der Waals surface area (Å²) in [7, 11) is 2.11. The van der Waals surface area contributed by atoms with E-state index in [1.807, 2.05) is 0 Å². The molecule has 1 fully saturated rings. The van der Waals surface area contributed by atoms with Crippen molar-refractivity contribution in [1.29, 1.82) is 0 Å². The summed E-state index contributed by atoms with van der Waals surface area (Å²) < 4.78 is 0. The zero-order valence-corrected chi connectivity index (χ0v) is 11.6. The zero-order chi connectivity index (χ0) is 12.2. The summed E-state index contributed by atoms with van der Waals surface area (Å²) >= 11 is 0. The van der Waals surface area contributed by atoms with Crippen molar-refractivity contribution in [3.8, 4) is 0 Å². The number of nitrogens with one attached hydrogen (secondary N) is 1. The third-order valence-corrected chi connectivity index (χ3v) is 4.21. The van der Waals surface area contributed by atoms with Gasteiger partial charge in [-0.25, -0.2) is 0 Å². The van der Waals surface area contributed by atoms with Gasteiger partial charge in [0.05, 0.1) is 0 Å². The normalized spacial score (nSPS) is 23.0. The molecule has 0 aromatic heterocycles. The molecule has 1 atom stereocenters. The van der Waals surface area contributed by atoms with Crippen LogP contribution in [0.3, 0.4) is 0 Å². The fourth-order valence-corrected chi connectivity index (χ4v) is 2.84. The molecule has 0 amide bonds. The lowest BCUT2D eigenvalue weighted by atomic mass is 9.70. The van der Waals surface area contributed by atoms with Crippen LogP contribution in [0.2, 0.25) is 0 Å². The Labute approximate surface area is 102 Å². The summed E-state index contributed by atoms with van der Waals surface area (Å²) in [5.41, 5.74) is 1.90. The van der Waals surface area contributed by atoms with Gasteiger partial charge in [-0.05, 0) is 63.8 Å². The second kappa shape index (κ2) is 5.86. The highest BCUT2D eigenvalue weighted by Gasteiger charge is 2.30. The van der Waals surface area contributed by atoms with E-state index in [2.05, 4.69) is 39.7 Å². The van der Waals surface area contributed by atoms with E-state index >= 15 is 0 Å². The molecular formula is C15H29N. The summed E-state index contributed by atoms with van der Waals surface area (Å²) in [6.45, 7) is 11.0. The van der Waals surface area contributed by atoms with Gasteiger partial charge in [-0.1, -0.05) is 19.4 Å². The first kappa shape index (κ1) is 13.8. The van der Waals surface area contributed by atoms with Crippen molar-refractivity contribution in [2.45, 2.75) is 65.3 Å². The molecule has 1 unspecified atom stereocenters. The zero-order valence-electron chi connectivity index (χ0n) is 11.6. The van der Waals surface area contributed by atoms with Crippen molar-refractivity contribution in [3.05, 3.63) is 12.2 Å². The Balaban J connectivity index is 2.39. The third kappa shape index (κ3) is 4.29. The van der Waals surface area contributed by atoms with E-state index in [0.717, 1.165) is 5.92 Å². The van der Waals surface area contributed by atoms with E-state index < -0.39 is 0 Å². The molecule has 1 saturated carbocycles. The summed E-state index contributed by atoms with van der Waals surface area (Å²) in [6.07, 6.45) is 8.01. The lowest BCUT2D eigenvalue weighted by Gasteiger charge is -2.38. The predicted molar refractivity (Wildman–Crippen MR) is 72.6 cm³/mol. The van der Waals surface area contributed by atoms with Crippen LogP contribution in [-0.4, -0.2) is 13.1 Å². The number of allylic oxidation sites excluding steroid dienone is 1. The SMILES string of the molecule is C=C(C)CCC(NC)C1CCC(C)(C)CC1. The van der Waals surface area contributed by atoms with Gasteiger partial charge in [0.2, 0.25) is 0 Å². The second-order valence-electron chi connectivity index (χ2n) is 6.39. The van der Waals surface area contributed by atoms with Crippen LogP contribution in [0.4, 0.5) is 0 Å². The van der Waals surface area contributed by atoms with E-state index in [1.54, 1.807) is 0 Å². The van der Waals surface area contributed by atoms with Crippen LogP contribution in [0.25, 0.3) is 0 Å². The Morgan fingerprint density at radius 1 is 1.38 bits per heavy atom. The van der Waals surface area contributed by atoms with Crippen LogP contribution in [0, 0.1) is 11.3 Å². The average molecular weight is 223 g/mol. The van der Waals surface area contributed by atoms with Crippen LogP contribution in [-0.2, 0) is 0 Å². The molecule has 1 rings (SSSR count). The fourth-order valence-electron chi connectivity index (χ4n) is 2.84. The molecule has 0 radical (unpaired) electrons. The van der Waals surface area contributed by atoms with Gasteiger partial charge in [-0.3, -0.25) is 0 Å². The molecule has 16 heavy (non-hydrogen) atoms. The molecule has 0 bridgehead atoms. The summed E-state index contributed by atoms with van der Waals surface area (Å²) in [5, 5.41) is 3.51. The standard InChI is InChI=1S/C15H29N/c1-12(2)6-7-14(16-5)13-8-10-15(3,4)11-9-13/h13-14,16H,1,6-11H2,2-5H3. The minimum atomic E-state index is 0.586. The Bertz CT molecular complexity index is 220. The van der Waals surface area contributed by atoms with Gasteiger partial charge in [0.25, 0.3) is 0 Å². The van der Waals surface area contributed by atoms with Gasteiger partial charge in [0.1, 0.15) is 0 Å². The van der Waals surface area contributed by atoms with E-state index in [4.69, 9.17) is 0 Å². The van der Waals surface area contributed by atoms with Gasteiger partial charge in [-0.15, -0.1) is 6.58 Å². The van der Waals surface area contributed by atoms with Crippen molar-refractivity contribution < 1.29 is 0 Å². The maximum atomic E-state index is 4.00. The molecule has 1 nitrogen and oxygen atoms in total. The number of hydrogen-bond acceptors (Lipinski definition) is 1. The third-order valence-electron chi connectivity index (χ3n) is 4.21. The maximum absolute atomic E-state index is 4.00. The van der Waals surface area contributed by atoms with Crippen molar-refractivity contribution in [1.82, 2.24) is 5.32 Å². The quantitative estimate of drug-likeness (QED) is 0.691. The molecule has 1 heteroatoms. The number of rotatable bonds is 5. The van der Waals surface area contributed by atoms with Gasteiger partial charge in [0.15, 0.2) is 0 Å². The van der Waals surface area contributed by atoms with Crippen LogP contribution in [0.1, 0.15) is 59.3 Å². The van der Waals surface area contributed by atoms with Crippen molar-refractivity contribution >= 4 is 0 Å². The van der Waals surface area contributed by atoms with Gasteiger partial charge in [-0.2, -0.15) is 0 Å². The molecule has 0 heterocycles. The van der Waals surface area contributed by atoms with Crippen molar-refractivity contribution in [2.24, 2.45) is 11.3 Å². The summed E-state index contributed by atoms with van der Waals surface area (Å²) in [5.74, 6) is 0.886. The van der Waals surface area contributed by atoms with Crippen LogP contribution < -0.4 is 5.32 Å². The molecule has 1 N–H and O–H groups in total. The number of hydrogen-bond donors (Lipinski definition) is 1. The molecule has 0 aromatic rings. The fraction of sp³-hybridized carbons (Fsp3) is 0.867. The van der Waals surface area contributed by atoms with Crippen LogP contribution >= 0.6 is 0 Å². The Morgan fingerprint density at radius 2 is 1.94 bits per heavy atom. The molecular weight excluding hydrogens is 194 g/mol. The van der Waals surface area contributed by atoms with E-state index in [1.165, 1.54) is 44.1 Å². The molecule has 1 aliphatic carbocycles. The molecule has 1 aliphatic rings. The van der Waals surface area contributed by atoms with Crippen LogP contribution in [0.15, 0.2) is 12.2 Å². The lowest BCUT2D eigenvalue weighted by Crippen LogP contribution is -2.37. The molecule has 0 aromatic carbocycles. The largest absolute Gasteiger partial charge is 0.317 e. The first-order valence-electron chi connectivity index (χ1n) is 6.76. The van der Waals surface area contributed by atoms with Gasteiger partial charge >= 0.3 is 0 Å². The Morgan fingerprint density at radius 3 is 2.38 bits per heavy atom. The first-order chi connectivity index (χ1) is 7.44. The average Bonchev–Trinajstić information content (AvgIpc) is 2.20. The molecule has 94 valence electrons. The van der Waals surface area contributed by atoms with E-state index in [-0.39, 0.29) is 0 Å². The first-order valence-corrected chi connectivity index (χ1v) is 6.76. The highest BCUT2D eigenvalue weighted by molar-refractivity contribution is 4.91. The minimum Gasteiger partial charge on any atom is -0.317 e. The lowest BCUT2D eigenvalue weighted by molar-refractivity contribution is 0.160.